The first-order valence-corrected chi connectivity index (χ1v) is 6.64. The van der Waals surface area contributed by atoms with Crippen LogP contribution in [0.25, 0.3) is 0 Å². The third kappa shape index (κ3) is 4.25. The number of hydrazine groups is 1. The van der Waals surface area contributed by atoms with E-state index in [1.165, 1.54) is 12.1 Å². The molecule has 1 aromatic carbocycles. The van der Waals surface area contributed by atoms with Crippen molar-refractivity contribution in [2.24, 2.45) is 5.84 Å². The molecule has 4 N–H and O–H groups in total. The number of hydrogen-bond donors (Lipinski definition) is 3. The number of rotatable bonds is 6. The SMILES string of the molecule is CCOCc1nc(NN)cc(Nc2ccc(Cl)cc2F)n1. The lowest BCUT2D eigenvalue weighted by Crippen LogP contribution is -2.12. The van der Waals surface area contributed by atoms with E-state index in [9.17, 15) is 4.39 Å². The van der Waals surface area contributed by atoms with E-state index < -0.39 is 5.82 Å². The molecule has 0 aliphatic carbocycles. The zero-order valence-electron chi connectivity index (χ0n) is 11.4. The van der Waals surface area contributed by atoms with Gasteiger partial charge in [-0.15, -0.1) is 0 Å². The minimum Gasteiger partial charge on any atom is -0.374 e. The summed E-state index contributed by atoms with van der Waals surface area (Å²) in [5.74, 6) is 6.11. The Morgan fingerprint density at radius 2 is 2.05 bits per heavy atom. The van der Waals surface area contributed by atoms with Crippen LogP contribution in [0.3, 0.4) is 0 Å². The number of anilines is 3. The highest BCUT2D eigenvalue weighted by Crippen LogP contribution is 2.23. The molecule has 0 bridgehead atoms. The van der Waals surface area contributed by atoms with Crippen molar-refractivity contribution >= 4 is 28.9 Å². The molecule has 2 rings (SSSR count). The normalized spacial score (nSPS) is 10.5. The highest BCUT2D eigenvalue weighted by Gasteiger charge is 2.08. The number of hydrogen-bond acceptors (Lipinski definition) is 6. The predicted molar refractivity (Wildman–Crippen MR) is 79.9 cm³/mol. The van der Waals surface area contributed by atoms with Gasteiger partial charge in [-0.25, -0.2) is 20.2 Å². The van der Waals surface area contributed by atoms with Crippen LogP contribution >= 0.6 is 11.6 Å². The lowest BCUT2D eigenvalue weighted by atomic mass is 10.3. The number of aromatic nitrogens is 2. The molecule has 2 aromatic rings. The van der Waals surface area contributed by atoms with Gasteiger partial charge in [-0.1, -0.05) is 11.6 Å². The molecule has 0 amide bonds. The van der Waals surface area contributed by atoms with Crippen molar-refractivity contribution in [2.45, 2.75) is 13.5 Å². The molecule has 0 fully saturated rings. The van der Waals surface area contributed by atoms with Crippen LogP contribution in [0.2, 0.25) is 5.02 Å². The van der Waals surface area contributed by atoms with Gasteiger partial charge in [0.05, 0.1) is 5.69 Å². The Kier molecular flexibility index (Phi) is 5.26. The van der Waals surface area contributed by atoms with Crippen LogP contribution in [0.4, 0.5) is 21.7 Å². The Hall–Kier alpha value is -1.96. The molecular weight excluding hydrogens is 297 g/mol. The van der Waals surface area contributed by atoms with Crippen LogP contribution in [-0.4, -0.2) is 16.6 Å². The molecule has 0 aliphatic rings. The van der Waals surface area contributed by atoms with Crippen molar-refractivity contribution in [3.8, 4) is 0 Å². The first kappa shape index (κ1) is 15.4. The zero-order valence-corrected chi connectivity index (χ0v) is 12.1. The van der Waals surface area contributed by atoms with E-state index in [2.05, 4.69) is 20.7 Å². The van der Waals surface area contributed by atoms with Crippen molar-refractivity contribution in [1.29, 1.82) is 0 Å². The van der Waals surface area contributed by atoms with Crippen molar-refractivity contribution in [3.05, 3.63) is 40.9 Å². The van der Waals surface area contributed by atoms with Crippen LogP contribution < -0.4 is 16.6 Å². The van der Waals surface area contributed by atoms with Crippen LogP contribution in [-0.2, 0) is 11.3 Å². The molecule has 1 heterocycles. The molecule has 1 aromatic heterocycles. The van der Waals surface area contributed by atoms with Gasteiger partial charge in [0.1, 0.15) is 24.1 Å². The maximum Gasteiger partial charge on any atom is 0.158 e. The summed E-state index contributed by atoms with van der Waals surface area (Å²) in [5.41, 5.74) is 2.69. The van der Waals surface area contributed by atoms with Gasteiger partial charge >= 0.3 is 0 Å². The topological polar surface area (TPSA) is 85.1 Å². The van der Waals surface area contributed by atoms with Gasteiger partial charge in [-0.3, -0.25) is 0 Å². The number of halogens is 2. The summed E-state index contributed by atoms with van der Waals surface area (Å²) in [6.07, 6.45) is 0. The molecule has 0 radical (unpaired) electrons. The van der Waals surface area contributed by atoms with Gasteiger partial charge in [0.15, 0.2) is 5.82 Å². The summed E-state index contributed by atoms with van der Waals surface area (Å²) >= 11 is 5.71. The average molecular weight is 312 g/mol. The molecule has 0 saturated heterocycles. The van der Waals surface area contributed by atoms with Crippen LogP contribution in [0.1, 0.15) is 12.7 Å². The monoisotopic (exact) mass is 311 g/mol. The van der Waals surface area contributed by atoms with Gasteiger partial charge in [0.25, 0.3) is 0 Å². The second kappa shape index (κ2) is 7.16. The molecule has 0 saturated carbocycles. The summed E-state index contributed by atoms with van der Waals surface area (Å²) in [6, 6.07) is 5.88. The predicted octanol–water partition coefficient (Wildman–Crippen LogP) is 2.83. The molecule has 8 heteroatoms. The maximum atomic E-state index is 13.8. The lowest BCUT2D eigenvalue weighted by molar-refractivity contribution is 0.128. The fraction of sp³-hybridized carbons (Fsp3) is 0.231. The van der Waals surface area contributed by atoms with E-state index >= 15 is 0 Å². The summed E-state index contributed by atoms with van der Waals surface area (Å²) in [5, 5.41) is 3.18. The third-order valence-corrected chi connectivity index (χ3v) is 2.78. The minimum atomic E-state index is -0.477. The summed E-state index contributed by atoms with van der Waals surface area (Å²) in [4.78, 5) is 8.38. The fourth-order valence-corrected chi connectivity index (χ4v) is 1.78. The molecule has 0 unspecified atom stereocenters. The molecule has 6 nitrogen and oxygen atoms in total. The summed E-state index contributed by atoms with van der Waals surface area (Å²) < 4.78 is 19.0. The largest absolute Gasteiger partial charge is 0.374 e. The highest BCUT2D eigenvalue weighted by atomic mass is 35.5. The quantitative estimate of drug-likeness (QED) is 0.562. The van der Waals surface area contributed by atoms with Gasteiger partial charge in [0.2, 0.25) is 0 Å². The van der Waals surface area contributed by atoms with E-state index in [0.29, 0.717) is 29.1 Å². The summed E-state index contributed by atoms with van der Waals surface area (Å²) in [7, 11) is 0. The van der Waals surface area contributed by atoms with Gasteiger partial charge in [-0.2, -0.15) is 0 Å². The lowest BCUT2D eigenvalue weighted by Gasteiger charge is -2.10. The Morgan fingerprint density at radius 3 is 2.71 bits per heavy atom. The van der Waals surface area contributed by atoms with Crippen molar-refractivity contribution in [1.82, 2.24) is 9.97 Å². The van der Waals surface area contributed by atoms with E-state index in [0.717, 1.165) is 0 Å². The Labute approximate surface area is 126 Å². The average Bonchev–Trinajstić information content (AvgIpc) is 2.48. The number of ether oxygens (including phenoxy) is 1. The third-order valence-electron chi connectivity index (χ3n) is 2.55. The molecule has 0 atom stereocenters. The summed E-state index contributed by atoms with van der Waals surface area (Å²) in [6.45, 7) is 2.65. The molecule has 112 valence electrons. The fourth-order valence-electron chi connectivity index (χ4n) is 1.62. The van der Waals surface area contributed by atoms with Crippen molar-refractivity contribution < 1.29 is 9.13 Å². The number of nitrogens with one attached hydrogen (secondary N) is 2. The Balaban J connectivity index is 2.25. The van der Waals surface area contributed by atoms with E-state index in [-0.39, 0.29) is 12.3 Å². The van der Waals surface area contributed by atoms with Crippen LogP contribution in [0.15, 0.2) is 24.3 Å². The molecule has 0 aliphatic heterocycles. The number of benzene rings is 1. The van der Waals surface area contributed by atoms with Crippen LogP contribution in [0, 0.1) is 5.82 Å². The van der Waals surface area contributed by atoms with E-state index in [1.807, 2.05) is 6.92 Å². The highest BCUT2D eigenvalue weighted by molar-refractivity contribution is 6.30. The number of nitrogen functional groups attached to an aromatic ring is 1. The number of nitrogens with two attached hydrogens (primary N) is 1. The van der Waals surface area contributed by atoms with Crippen molar-refractivity contribution in [2.75, 3.05) is 17.3 Å². The Bertz CT molecular complexity index is 626. The standard InChI is InChI=1S/C13H15ClFN5O/c1-2-21-7-13-18-11(6-12(19-13)20-16)17-10-4-3-8(14)5-9(10)15/h3-6H,2,7,16H2,1H3,(H2,17,18,19,20). The maximum absolute atomic E-state index is 13.8. The smallest absolute Gasteiger partial charge is 0.158 e. The van der Waals surface area contributed by atoms with E-state index in [4.69, 9.17) is 22.2 Å². The Morgan fingerprint density at radius 1 is 1.29 bits per heavy atom. The zero-order chi connectivity index (χ0) is 15.2. The second-order valence-electron chi connectivity index (χ2n) is 4.09. The number of nitrogens with zero attached hydrogens (tertiary/aromatic N) is 2. The van der Waals surface area contributed by atoms with Crippen molar-refractivity contribution in [3.63, 3.8) is 0 Å². The van der Waals surface area contributed by atoms with Gasteiger partial charge < -0.3 is 15.5 Å². The van der Waals surface area contributed by atoms with Gasteiger partial charge in [0, 0.05) is 17.7 Å². The van der Waals surface area contributed by atoms with E-state index in [1.54, 1.807) is 12.1 Å². The first-order chi connectivity index (χ1) is 10.1. The van der Waals surface area contributed by atoms with Crippen LogP contribution in [0.5, 0.6) is 0 Å². The molecule has 21 heavy (non-hydrogen) atoms. The molecule has 0 spiro atoms. The van der Waals surface area contributed by atoms with Gasteiger partial charge in [-0.05, 0) is 25.1 Å². The molecular formula is C13H15ClFN5O. The first-order valence-electron chi connectivity index (χ1n) is 6.26. The minimum absolute atomic E-state index is 0.240. The second-order valence-corrected chi connectivity index (χ2v) is 4.52.